The fourth-order valence-corrected chi connectivity index (χ4v) is 2.01. The molecule has 4 heteroatoms. The van der Waals surface area contributed by atoms with Crippen LogP contribution in [0.1, 0.15) is 15.2 Å². The SMILES string of the molecule is COc1ccc(CC(=O)c2cccs2)cn1. The van der Waals surface area contributed by atoms with E-state index in [0.29, 0.717) is 12.3 Å². The zero-order chi connectivity index (χ0) is 11.4. The Hall–Kier alpha value is -1.68. The van der Waals surface area contributed by atoms with Gasteiger partial charge in [0.15, 0.2) is 5.78 Å². The molecule has 2 aromatic rings. The minimum absolute atomic E-state index is 0.127. The average Bonchev–Trinajstić information content (AvgIpc) is 2.83. The molecule has 0 N–H and O–H groups in total. The Balaban J connectivity index is 2.06. The van der Waals surface area contributed by atoms with Crippen molar-refractivity contribution in [1.29, 1.82) is 0 Å². The Kier molecular flexibility index (Phi) is 3.31. The number of aromatic nitrogens is 1. The number of nitrogens with zero attached hydrogens (tertiary/aromatic N) is 1. The quantitative estimate of drug-likeness (QED) is 0.762. The summed E-state index contributed by atoms with van der Waals surface area (Å²) in [6, 6.07) is 7.34. The minimum atomic E-state index is 0.127. The number of carbonyl (C=O) groups is 1. The molecule has 0 unspecified atom stereocenters. The van der Waals surface area contributed by atoms with Crippen LogP contribution >= 0.6 is 11.3 Å². The highest BCUT2D eigenvalue weighted by molar-refractivity contribution is 7.12. The Bertz CT molecular complexity index is 462. The molecule has 2 rings (SSSR count). The number of ketones is 1. The molecule has 0 aliphatic carbocycles. The van der Waals surface area contributed by atoms with E-state index in [1.807, 2.05) is 23.6 Å². The highest BCUT2D eigenvalue weighted by atomic mass is 32.1. The van der Waals surface area contributed by atoms with Crippen molar-refractivity contribution in [3.8, 4) is 5.88 Å². The Morgan fingerprint density at radius 1 is 1.44 bits per heavy atom. The summed E-state index contributed by atoms with van der Waals surface area (Å²) in [5.41, 5.74) is 0.902. The predicted molar refractivity (Wildman–Crippen MR) is 63.1 cm³/mol. The predicted octanol–water partition coefficient (Wildman–Crippen LogP) is 2.58. The molecule has 0 bridgehead atoms. The second-order valence-corrected chi connectivity index (χ2v) is 4.23. The van der Waals surface area contributed by atoms with Gasteiger partial charge in [-0.25, -0.2) is 4.98 Å². The molecule has 82 valence electrons. The first-order valence-corrected chi connectivity index (χ1v) is 5.73. The number of thiophene rings is 1. The number of methoxy groups -OCH3 is 1. The van der Waals surface area contributed by atoms with Crippen molar-refractivity contribution in [2.75, 3.05) is 7.11 Å². The van der Waals surface area contributed by atoms with E-state index in [1.54, 1.807) is 19.4 Å². The third-order valence-corrected chi connectivity index (χ3v) is 3.08. The molecular formula is C12H11NO2S. The van der Waals surface area contributed by atoms with Crippen LogP contribution < -0.4 is 4.74 Å². The molecule has 0 atom stereocenters. The Labute approximate surface area is 97.7 Å². The molecule has 2 aromatic heterocycles. The molecule has 0 fully saturated rings. The molecule has 0 radical (unpaired) electrons. The van der Waals surface area contributed by atoms with Crippen molar-refractivity contribution >= 4 is 17.1 Å². The van der Waals surface area contributed by atoms with Gasteiger partial charge in [-0.3, -0.25) is 4.79 Å². The fraction of sp³-hybridized carbons (Fsp3) is 0.167. The van der Waals surface area contributed by atoms with Crippen molar-refractivity contribution in [3.63, 3.8) is 0 Å². The first kappa shape index (κ1) is 10.8. The molecule has 2 heterocycles. The lowest BCUT2D eigenvalue weighted by Crippen LogP contribution is -2.01. The van der Waals surface area contributed by atoms with E-state index in [0.717, 1.165) is 10.4 Å². The van der Waals surface area contributed by atoms with Crippen LogP contribution in [0.2, 0.25) is 0 Å². The van der Waals surface area contributed by atoms with Crippen molar-refractivity contribution in [2.24, 2.45) is 0 Å². The van der Waals surface area contributed by atoms with E-state index in [2.05, 4.69) is 4.98 Å². The third kappa shape index (κ3) is 2.46. The number of Topliss-reactive ketones (excluding diaryl/α,β-unsaturated/α-hetero) is 1. The molecule has 16 heavy (non-hydrogen) atoms. The smallest absolute Gasteiger partial charge is 0.212 e. The summed E-state index contributed by atoms with van der Waals surface area (Å²) < 4.78 is 4.95. The highest BCUT2D eigenvalue weighted by Crippen LogP contribution is 2.13. The summed E-state index contributed by atoms with van der Waals surface area (Å²) in [6.07, 6.45) is 2.06. The molecule has 0 amide bonds. The van der Waals surface area contributed by atoms with Crippen molar-refractivity contribution < 1.29 is 9.53 Å². The number of hydrogen-bond donors (Lipinski definition) is 0. The van der Waals surface area contributed by atoms with Gasteiger partial charge in [0.25, 0.3) is 0 Å². The summed E-state index contributed by atoms with van der Waals surface area (Å²) in [4.78, 5) is 16.6. The van der Waals surface area contributed by atoms with Crippen LogP contribution in [0.3, 0.4) is 0 Å². The molecule has 3 nitrogen and oxygen atoms in total. The summed E-state index contributed by atoms with van der Waals surface area (Å²) in [5, 5.41) is 1.90. The maximum atomic E-state index is 11.8. The van der Waals surface area contributed by atoms with Crippen molar-refractivity contribution in [1.82, 2.24) is 4.98 Å². The second-order valence-electron chi connectivity index (χ2n) is 3.29. The van der Waals surface area contributed by atoms with Gasteiger partial charge in [-0.15, -0.1) is 11.3 Å². The molecule has 0 saturated heterocycles. The van der Waals surface area contributed by atoms with Gasteiger partial charge < -0.3 is 4.74 Å². The van der Waals surface area contributed by atoms with E-state index in [9.17, 15) is 4.79 Å². The summed E-state index contributed by atoms with van der Waals surface area (Å²) >= 11 is 1.46. The van der Waals surface area contributed by atoms with Crippen LogP contribution in [0, 0.1) is 0 Å². The van der Waals surface area contributed by atoms with Gasteiger partial charge >= 0.3 is 0 Å². The van der Waals surface area contributed by atoms with Gasteiger partial charge in [0, 0.05) is 18.7 Å². The molecule has 0 aliphatic rings. The van der Waals surface area contributed by atoms with Gasteiger partial charge in [0.1, 0.15) is 0 Å². The number of hydrogen-bond acceptors (Lipinski definition) is 4. The topological polar surface area (TPSA) is 39.2 Å². The number of rotatable bonds is 4. The van der Waals surface area contributed by atoms with Crippen LogP contribution in [-0.4, -0.2) is 17.9 Å². The van der Waals surface area contributed by atoms with Crippen LogP contribution in [0.15, 0.2) is 35.8 Å². The first-order valence-electron chi connectivity index (χ1n) is 4.85. The number of ether oxygens (including phenoxy) is 1. The monoisotopic (exact) mass is 233 g/mol. The van der Waals surface area contributed by atoms with Gasteiger partial charge in [0.2, 0.25) is 5.88 Å². The zero-order valence-corrected chi connectivity index (χ0v) is 9.66. The van der Waals surface area contributed by atoms with E-state index in [4.69, 9.17) is 4.74 Å². The van der Waals surface area contributed by atoms with Gasteiger partial charge in [-0.2, -0.15) is 0 Å². The highest BCUT2D eigenvalue weighted by Gasteiger charge is 2.08. The van der Waals surface area contributed by atoms with E-state index in [-0.39, 0.29) is 5.78 Å². The molecule has 0 aromatic carbocycles. The second kappa shape index (κ2) is 4.90. The van der Waals surface area contributed by atoms with Crippen molar-refractivity contribution in [2.45, 2.75) is 6.42 Å². The lowest BCUT2D eigenvalue weighted by atomic mass is 10.1. The third-order valence-electron chi connectivity index (χ3n) is 2.17. The molecule has 0 aliphatic heterocycles. The normalized spacial score (nSPS) is 10.1. The minimum Gasteiger partial charge on any atom is -0.481 e. The number of pyridine rings is 1. The van der Waals surface area contributed by atoms with Crippen LogP contribution in [0.4, 0.5) is 0 Å². The first-order chi connectivity index (χ1) is 7.79. The lowest BCUT2D eigenvalue weighted by molar-refractivity contribution is 0.0996. The molecular weight excluding hydrogens is 222 g/mol. The molecule has 0 spiro atoms. The Morgan fingerprint density at radius 2 is 2.31 bits per heavy atom. The Morgan fingerprint density at radius 3 is 2.88 bits per heavy atom. The fourth-order valence-electron chi connectivity index (χ4n) is 1.35. The maximum Gasteiger partial charge on any atom is 0.212 e. The van der Waals surface area contributed by atoms with Crippen LogP contribution in [0.25, 0.3) is 0 Å². The van der Waals surface area contributed by atoms with Gasteiger partial charge in [-0.1, -0.05) is 12.1 Å². The van der Waals surface area contributed by atoms with Gasteiger partial charge in [0.05, 0.1) is 12.0 Å². The summed E-state index contributed by atoms with van der Waals surface area (Å²) in [7, 11) is 1.57. The lowest BCUT2D eigenvalue weighted by Gasteiger charge is -2.01. The van der Waals surface area contributed by atoms with Crippen molar-refractivity contribution in [3.05, 3.63) is 46.3 Å². The van der Waals surface area contributed by atoms with E-state index < -0.39 is 0 Å². The molecule has 0 saturated carbocycles. The maximum absolute atomic E-state index is 11.8. The van der Waals surface area contributed by atoms with Crippen LogP contribution in [0.5, 0.6) is 5.88 Å². The zero-order valence-electron chi connectivity index (χ0n) is 8.84. The standard InChI is InChI=1S/C12H11NO2S/c1-15-12-5-4-9(8-13-12)7-10(14)11-3-2-6-16-11/h2-6,8H,7H2,1H3. The number of carbonyl (C=O) groups excluding carboxylic acids is 1. The van der Waals surface area contributed by atoms with E-state index >= 15 is 0 Å². The largest absolute Gasteiger partial charge is 0.481 e. The average molecular weight is 233 g/mol. The van der Waals surface area contributed by atoms with E-state index in [1.165, 1.54) is 11.3 Å². The van der Waals surface area contributed by atoms with Crippen LogP contribution in [-0.2, 0) is 6.42 Å². The summed E-state index contributed by atoms with van der Waals surface area (Å²) in [5.74, 6) is 0.689. The summed E-state index contributed by atoms with van der Waals surface area (Å²) in [6.45, 7) is 0. The van der Waals surface area contributed by atoms with Gasteiger partial charge in [-0.05, 0) is 17.0 Å².